The quantitative estimate of drug-likeness (QED) is 0.917. The maximum absolute atomic E-state index is 5.72. The van der Waals surface area contributed by atoms with Gasteiger partial charge in [0, 0.05) is 20.8 Å². The largest absolute Gasteiger partial charge is 0.330 e. The summed E-state index contributed by atoms with van der Waals surface area (Å²) in [6, 6.07) is 2.61. The molecule has 0 spiro atoms. The molecule has 2 atom stereocenters. The van der Waals surface area contributed by atoms with Gasteiger partial charge in [0.05, 0.1) is 0 Å². The van der Waals surface area contributed by atoms with Gasteiger partial charge >= 0.3 is 0 Å². The van der Waals surface area contributed by atoms with Crippen molar-refractivity contribution in [1.82, 2.24) is 4.90 Å². The predicted octanol–water partition coefficient (Wildman–Crippen LogP) is 2.71. The van der Waals surface area contributed by atoms with Gasteiger partial charge in [0.2, 0.25) is 0 Å². The maximum Gasteiger partial charge on any atom is 0.0473 e. The third kappa shape index (κ3) is 2.79. The molecule has 2 unspecified atom stereocenters. The van der Waals surface area contributed by atoms with Crippen LogP contribution in [0, 0.1) is 5.92 Å². The van der Waals surface area contributed by atoms with Gasteiger partial charge in [0.25, 0.3) is 0 Å². The van der Waals surface area contributed by atoms with E-state index in [0.717, 1.165) is 11.0 Å². The van der Waals surface area contributed by atoms with Crippen LogP contribution < -0.4 is 5.73 Å². The smallest absolute Gasteiger partial charge is 0.0473 e. The first-order chi connectivity index (χ1) is 6.56. The lowest BCUT2D eigenvalue weighted by Crippen LogP contribution is -2.29. The molecule has 0 saturated heterocycles. The number of thiophene rings is 1. The second-order valence-corrected chi connectivity index (χ2v) is 5.65. The molecule has 80 valence electrons. The normalized spacial score (nSPS) is 15.9. The molecule has 0 amide bonds. The Kier molecular flexibility index (Phi) is 4.57. The zero-order valence-electron chi connectivity index (χ0n) is 8.83. The van der Waals surface area contributed by atoms with Gasteiger partial charge in [-0.1, -0.05) is 6.92 Å². The first kappa shape index (κ1) is 12.2. The molecular formula is C10H17BrN2S. The molecule has 0 aliphatic rings. The van der Waals surface area contributed by atoms with E-state index < -0.39 is 0 Å². The average molecular weight is 277 g/mol. The second kappa shape index (κ2) is 5.26. The van der Waals surface area contributed by atoms with Crippen LogP contribution in [-0.2, 0) is 0 Å². The number of nitrogens with two attached hydrogens (primary N) is 1. The molecule has 2 N–H and O–H groups in total. The molecule has 0 bridgehead atoms. The van der Waals surface area contributed by atoms with Crippen molar-refractivity contribution in [1.29, 1.82) is 0 Å². The van der Waals surface area contributed by atoms with Crippen LogP contribution in [-0.4, -0.2) is 25.5 Å². The molecule has 14 heavy (non-hydrogen) atoms. The molecule has 2 nitrogen and oxygen atoms in total. The Balaban J connectivity index is 2.88. The van der Waals surface area contributed by atoms with Crippen molar-refractivity contribution in [2.45, 2.75) is 13.0 Å². The van der Waals surface area contributed by atoms with E-state index in [4.69, 9.17) is 5.73 Å². The van der Waals surface area contributed by atoms with Gasteiger partial charge in [0.15, 0.2) is 0 Å². The number of rotatable bonds is 4. The Labute approximate surface area is 98.2 Å². The first-order valence-corrected chi connectivity index (χ1v) is 6.34. The van der Waals surface area contributed by atoms with E-state index in [0.29, 0.717) is 12.0 Å². The number of hydrogen-bond donors (Lipinski definition) is 1. The van der Waals surface area contributed by atoms with E-state index in [1.807, 2.05) is 0 Å². The number of hydrogen-bond acceptors (Lipinski definition) is 3. The molecule has 0 aromatic carbocycles. The molecule has 0 radical (unpaired) electrons. The minimum Gasteiger partial charge on any atom is -0.330 e. The summed E-state index contributed by atoms with van der Waals surface area (Å²) in [7, 11) is 4.20. The van der Waals surface area contributed by atoms with Crippen molar-refractivity contribution in [3.8, 4) is 0 Å². The van der Waals surface area contributed by atoms with E-state index in [9.17, 15) is 0 Å². The maximum atomic E-state index is 5.72. The fourth-order valence-electron chi connectivity index (χ4n) is 1.66. The Morgan fingerprint density at radius 3 is 2.57 bits per heavy atom. The average Bonchev–Trinajstić information content (AvgIpc) is 2.51. The summed E-state index contributed by atoms with van der Waals surface area (Å²) in [4.78, 5) is 3.61. The zero-order valence-corrected chi connectivity index (χ0v) is 11.2. The highest BCUT2D eigenvalue weighted by Gasteiger charge is 2.21. The summed E-state index contributed by atoms with van der Waals surface area (Å²) in [6.45, 7) is 2.91. The van der Waals surface area contributed by atoms with Gasteiger partial charge in [-0.25, -0.2) is 0 Å². The van der Waals surface area contributed by atoms with Crippen LogP contribution in [0.2, 0.25) is 0 Å². The molecule has 4 heteroatoms. The SMILES string of the molecule is CC(CN)C(c1cc(Br)cs1)N(C)C. The lowest BCUT2D eigenvalue weighted by atomic mass is 10.00. The molecule has 1 rings (SSSR count). The highest BCUT2D eigenvalue weighted by Crippen LogP contribution is 2.32. The van der Waals surface area contributed by atoms with Crippen LogP contribution >= 0.6 is 27.3 Å². The van der Waals surface area contributed by atoms with E-state index in [1.54, 1.807) is 11.3 Å². The predicted molar refractivity (Wildman–Crippen MR) is 66.7 cm³/mol. The summed E-state index contributed by atoms with van der Waals surface area (Å²) in [5.41, 5.74) is 5.72. The van der Waals surface area contributed by atoms with Crippen molar-refractivity contribution < 1.29 is 0 Å². The Bertz CT molecular complexity index is 285. The van der Waals surface area contributed by atoms with E-state index in [1.165, 1.54) is 4.88 Å². The third-order valence-electron chi connectivity index (χ3n) is 2.35. The summed E-state index contributed by atoms with van der Waals surface area (Å²) in [5, 5.41) is 2.12. The molecule has 0 saturated carbocycles. The minimum absolute atomic E-state index is 0.427. The van der Waals surface area contributed by atoms with E-state index in [-0.39, 0.29) is 0 Å². The Hall–Kier alpha value is 0.1000. The topological polar surface area (TPSA) is 29.3 Å². The molecule has 1 aromatic heterocycles. The van der Waals surface area contributed by atoms with Gasteiger partial charge in [-0.15, -0.1) is 11.3 Å². The van der Waals surface area contributed by atoms with Crippen molar-refractivity contribution in [2.75, 3.05) is 20.6 Å². The summed E-state index contributed by atoms with van der Waals surface area (Å²) >= 11 is 5.27. The molecule has 1 heterocycles. The van der Waals surface area contributed by atoms with Gasteiger partial charge < -0.3 is 10.6 Å². The standard InChI is InChI=1S/C10H17BrN2S/c1-7(5-12)10(13(2)3)9-4-8(11)6-14-9/h4,6-7,10H,5,12H2,1-3H3. The van der Waals surface area contributed by atoms with E-state index >= 15 is 0 Å². The Morgan fingerprint density at radius 1 is 1.57 bits per heavy atom. The van der Waals surface area contributed by atoms with Crippen LogP contribution in [0.25, 0.3) is 0 Å². The van der Waals surface area contributed by atoms with Gasteiger partial charge in [0.1, 0.15) is 0 Å². The summed E-state index contributed by atoms with van der Waals surface area (Å²) < 4.78 is 1.16. The minimum atomic E-state index is 0.427. The van der Waals surface area contributed by atoms with Crippen LogP contribution in [0.5, 0.6) is 0 Å². The molecule has 0 fully saturated rings. The Morgan fingerprint density at radius 2 is 2.21 bits per heavy atom. The first-order valence-electron chi connectivity index (χ1n) is 4.66. The van der Waals surface area contributed by atoms with Crippen LogP contribution in [0.15, 0.2) is 15.9 Å². The zero-order chi connectivity index (χ0) is 10.7. The van der Waals surface area contributed by atoms with Crippen LogP contribution in [0.4, 0.5) is 0 Å². The fourth-order valence-corrected chi connectivity index (χ4v) is 3.43. The van der Waals surface area contributed by atoms with Gasteiger partial charge in [-0.2, -0.15) is 0 Å². The van der Waals surface area contributed by atoms with Crippen LogP contribution in [0.3, 0.4) is 0 Å². The third-order valence-corrected chi connectivity index (χ3v) is 4.11. The lowest BCUT2D eigenvalue weighted by Gasteiger charge is -2.28. The van der Waals surface area contributed by atoms with Gasteiger partial charge in [-0.3, -0.25) is 0 Å². The van der Waals surface area contributed by atoms with Crippen molar-refractivity contribution in [2.24, 2.45) is 11.7 Å². The van der Waals surface area contributed by atoms with Gasteiger partial charge in [-0.05, 0) is 48.6 Å². The molecule has 1 aromatic rings. The highest BCUT2D eigenvalue weighted by atomic mass is 79.9. The van der Waals surface area contributed by atoms with Crippen molar-refractivity contribution in [3.05, 3.63) is 20.8 Å². The van der Waals surface area contributed by atoms with Crippen molar-refractivity contribution in [3.63, 3.8) is 0 Å². The second-order valence-electron chi connectivity index (χ2n) is 3.79. The van der Waals surface area contributed by atoms with Crippen LogP contribution in [0.1, 0.15) is 17.8 Å². The monoisotopic (exact) mass is 276 g/mol. The van der Waals surface area contributed by atoms with E-state index in [2.05, 4.69) is 53.3 Å². The summed E-state index contributed by atoms with van der Waals surface area (Å²) in [6.07, 6.45) is 0. The molecule has 0 aliphatic carbocycles. The highest BCUT2D eigenvalue weighted by molar-refractivity contribution is 9.10. The fraction of sp³-hybridized carbons (Fsp3) is 0.600. The number of nitrogens with zero attached hydrogens (tertiary/aromatic N) is 1. The summed E-state index contributed by atoms with van der Waals surface area (Å²) in [5.74, 6) is 0.482. The molecular weight excluding hydrogens is 260 g/mol. The lowest BCUT2D eigenvalue weighted by molar-refractivity contribution is 0.231. The van der Waals surface area contributed by atoms with Crippen molar-refractivity contribution >= 4 is 27.3 Å². The number of halogens is 1. The molecule has 0 aliphatic heterocycles.